The van der Waals surface area contributed by atoms with E-state index in [1.165, 1.54) is 148 Å². The van der Waals surface area contributed by atoms with Gasteiger partial charge in [-0.25, -0.2) is 0 Å². The van der Waals surface area contributed by atoms with Gasteiger partial charge in [0.2, 0.25) is 5.91 Å². The van der Waals surface area contributed by atoms with Gasteiger partial charge in [0.15, 0.2) is 0 Å². The number of amides is 1. The molecule has 0 saturated carbocycles. The highest BCUT2D eigenvalue weighted by molar-refractivity contribution is 5.76. The second kappa shape index (κ2) is 34.0. The van der Waals surface area contributed by atoms with Crippen LogP contribution in [-0.4, -0.2) is 46.1 Å². The molecule has 0 aliphatic heterocycles. The first-order chi connectivity index (χ1) is 21.0. The van der Waals surface area contributed by atoms with Crippen LogP contribution in [-0.2, 0) is 4.79 Å². The van der Waals surface area contributed by atoms with Crippen LogP contribution in [0.1, 0.15) is 200 Å². The van der Waals surface area contributed by atoms with E-state index in [1.54, 1.807) is 6.08 Å². The van der Waals surface area contributed by atoms with Gasteiger partial charge in [-0.05, 0) is 19.3 Å². The van der Waals surface area contributed by atoms with Gasteiger partial charge in [-0.1, -0.05) is 187 Å². The number of hydrogen-bond donors (Lipinski definition) is 4. The lowest BCUT2D eigenvalue weighted by Crippen LogP contribution is -2.45. The van der Waals surface area contributed by atoms with Gasteiger partial charge in [0.1, 0.15) is 0 Å². The zero-order chi connectivity index (χ0) is 31.6. The molecular weight excluding hydrogens is 534 g/mol. The van der Waals surface area contributed by atoms with Crippen LogP contribution in [0, 0.1) is 0 Å². The fraction of sp³-hybridized carbons (Fsp3) is 0.921. The van der Waals surface area contributed by atoms with Crippen LogP contribution in [0.5, 0.6) is 0 Å². The number of hydrogen-bond acceptors (Lipinski definition) is 4. The minimum atomic E-state index is -0.922. The van der Waals surface area contributed by atoms with Crippen LogP contribution in [0.4, 0.5) is 0 Å². The Hall–Kier alpha value is -0.910. The van der Waals surface area contributed by atoms with Gasteiger partial charge in [-0.15, -0.1) is 0 Å². The first-order valence-corrected chi connectivity index (χ1v) is 19.0. The molecule has 0 aliphatic rings. The summed E-state index contributed by atoms with van der Waals surface area (Å²) in [5, 5.41) is 33.0. The van der Waals surface area contributed by atoms with E-state index in [-0.39, 0.29) is 18.9 Å². The van der Waals surface area contributed by atoms with Crippen molar-refractivity contribution in [2.45, 2.75) is 218 Å². The summed E-state index contributed by atoms with van der Waals surface area (Å²) < 4.78 is 0. The van der Waals surface area contributed by atoms with Gasteiger partial charge < -0.3 is 20.6 Å². The van der Waals surface area contributed by atoms with Crippen LogP contribution in [0.25, 0.3) is 0 Å². The zero-order valence-corrected chi connectivity index (χ0v) is 28.8. The molecule has 5 heteroatoms. The van der Waals surface area contributed by atoms with E-state index in [4.69, 9.17) is 0 Å². The first kappa shape index (κ1) is 42.1. The van der Waals surface area contributed by atoms with E-state index in [2.05, 4.69) is 19.2 Å². The second-order valence-electron chi connectivity index (χ2n) is 13.2. The third-order valence-electron chi connectivity index (χ3n) is 8.82. The maximum absolute atomic E-state index is 12.3. The molecule has 3 atom stereocenters. The highest BCUT2D eigenvalue weighted by Crippen LogP contribution is 2.15. The highest BCUT2D eigenvalue weighted by atomic mass is 16.3. The highest BCUT2D eigenvalue weighted by Gasteiger charge is 2.20. The Labute approximate surface area is 268 Å². The number of allylic oxidation sites excluding steroid dienone is 1. The minimum Gasteiger partial charge on any atom is -0.394 e. The largest absolute Gasteiger partial charge is 0.394 e. The Morgan fingerprint density at radius 1 is 0.581 bits per heavy atom. The summed E-state index contributed by atoms with van der Waals surface area (Å²) in [6, 6.07) is -0.737. The molecule has 1 amide bonds. The molecule has 0 aromatic rings. The van der Waals surface area contributed by atoms with Crippen molar-refractivity contribution < 1.29 is 20.1 Å². The molecule has 0 saturated heterocycles. The molecule has 0 aromatic heterocycles. The van der Waals surface area contributed by atoms with Gasteiger partial charge in [0, 0.05) is 0 Å². The lowest BCUT2D eigenvalue weighted by molar-refractivity contribution is -0.124. The zero-order valence-electron chi connectivity index (χ0n) is 28.8. The fourth-order valence-corrected chi connectivity index (χ4v) is 5.87. The molecule has 0 radical (unpaired) electrons. The Balaban J connectivity index is 3.69. The minimum absolute atomic E-state index is 0.0174. The molecule has 0 bridgehead atoms. The number of unbranched alkanes of at least 4 members (excludes halogenated alkanes) is 25. The van der Waals surface area contributed by atoms with Gasteiger partial charge in [-0.3, -0.25) is 4.79 Å². The lowest BCUT2D eigenvalue weighted by Gasteiger charge is -2.21. The van der Waals surface area contributed by atoms with Crippen molar-refractivity contribution in [2.75, 3.05) is 6.61 Å². The SMILES string of the molecule is CCCCCCCCCCCCCCCCCC/C=C/C(O)C(CO)NC(=O)CC(O)CCCCCCCCCCCC. The Kier molecular flexibility index (Phi) is 33.3. The summed E-state index contributed by atoms with van der Waals surface area (Å²) in [4.78, 5) is 12.3. The molecule has 0 rings (SSSR count). The molecule has 4 N–H and O–H groups in total. The molecule has 0 heterocycles. The van der Waals surface area contributed by atoms with Crippen LogP contribution in [0.2, 0.25) is 0 Å². The maximum Gasteiger partial charge on any atom is 0.222 e. The molecular formula is C38H75NO4. The number of aliphatic hydroxyl groups is 3. The van der Waals surface area contributed by atoms with Crippen molar-refractivity contribution in [1.82, 2.24) is 5.32 Å². The Bertz CT molecular complexity index is 596. The summed E-state index contributed by atoms with van der Waals surface area (Å²) in [5.41, 5.74) is 0. The quantitative estimate of drug-likeness (QED) is 0.0432. The van der Waals surface area contributed by atoms with E-state index in [9.17, 15) is 20.1 Å². The normalized spacial score (nSPS) is 13.9. The predicted molar refractivity (Wildman–Crippen MR) is 185 cm³/mol. The lowest BCUT2D eigenvalue weighted by atomic mass is 10.0. The maximum atomic E-state index is 12.3. The van der Waals surface area contributed by atoms with Crippen LogP contribution < -0.4 is 5.32 Å². The number of rotatable bonds is 34. The molecule has 0 aromatic carbocycles. The van der Waals surface area contributed by atoms with Crippen molar-refractivity contribution in [3.63, 3.8) is 0 Å². The van der Waals surface area contributed by atoms with Gasteiger partial charge in [0.05, 0.1) is 31.3 Å². The molecule has 3 unspecified atom stereocenters. The number of carbonyl (C=O) groups excluding carboxylic acids is 1. The van der Waals surface area contributed by atoms with Crippen LogP contribution >= 0.6 is 0 Å². The van der Waals surface area contributed by atoms with Crippen molar-refractivity contribution in [1.29, 1.82) is 0 Å². The molecule has 256 valence electrons. The summed E-state index contributed by atoms with van der Waals surface area (Å²) in [6.45, 7) is 4.19. The summed E-state index contributed by atoms with van der Waals surface area (Å²) in [7, 11) is 0. The van der Waals surface area contributed by atoms with Crippen molar-refractivity contribution in [3.05, 3.63) is 12.2 Å². The van der Waals surface area contributed by atoms with E-state index in [0.29, 0.717) is 6.42 Å². The average molecular weight is 610 g/mol. The van der Waals surface area contributed by atoms with E-state index in [1.807, 2.05) is 6.08 Å². The number of aliphatic hydroxyl groups excluding tert-OH is 3. The van der Waals surface area contributed by atoms with E-state index in [0.717, 1.165) is 25.7 Å². The van der Waals surface area contributed by atoms with Gasteiger partial charge in [0.25, 0.3) is 0 Å². The average Bonchev–Trinajstić information content (AvgIpc) is 3.00. The molecule has 0 spiro atoms. The van der Waals surface area contributed by atoms with Gasteiger partial charge in [-0.2, -0.15) is 0 Å². The summed E-state index contributed by atoms with van der Waals surface area (Å²) >= 11 is 0. The van der Waals surface area contributed by atoms with Crippen molar-refractivity contribution in [2.24, 2.45) is 0 Å². The summed E-state index contributed by atoms with van der Waals surface area (Å²) in [5.74, 6) is -0.316. The molecule has 43 heavy (non-hydrogen) atoms. The summed E-state index contributed by atoms with van der Waals surface area (Å²) in [6.07, 6.45) is 37.7. The molecule has 0 fully saturated rings. The predicted octanol–water partition coefficient (Wildman–Crippen LogP) is 10.1. The van der Waals surface area contributed by atoms with E-state index < -0.39 is 18.2 Å². The number of carbonyl (C=O) groups is 1. The Morgan fingerprint density at radius 2 is 0.953 bits per heavy atom. The monoisotopic (exact) mass is 610 g/mol. The van der Waals surface area contributed by atoms with Crippen LogP contribution in [0.3, 0.4) is 0 Å². The Morgan fingerprint density at radius 3 is 1.35 bits per heavy atom. The topological polar surface area (TPSA) is 89.8 Å². The van der Waals surface area contributed by atoms with Crippen molar-refractivity contribution in [3.8, 4) is 0 Å². The van der Waals surface area contributed by atoms with E-state index >= 15 is 0 Å². The van der Waals surface area contributed by atoms with Crippen LogP contribution in [0.15, 0.2) is 12.2 Å². The van der Waals surface area contributed by atoms with Gasteiger partial charge >= 0.3 is 0 Å². The standard InChI is InChI=1S/C38H75NO4/c1-3-5-7-9-11-13-15-16-17-18-19-20-21-22-24-26-28-30-32-37(42)36(34-40)39-38(43)33-35(41)31-29-27-25-23-14-12-10-8-6-4-2/h30,32,35-37,40-42H,3-29,31,33-34H2,1-2H3,(H,39,43)/b32-30+. The fourth-order valence-electron chi connectivity index (χ4n) is 5.87. The first-order valence-electron chi connectivity index (χ1n) is 19.0. The third-order valence-corrected chi connectivity index (χ3v) is 8.82. The smallest absolute Gasteiger partial charge is 0.222 e. The molecule has 0 aliphatic carbocycles. The third kappa shape index (κ3) is 30.9. The van der Waals surface area contributed by atoms with Crippen molar-refractivity contribution >= 4 is 5.91 Å². The second-order valence-corrected chi connectivity index (χ2v) is 13.2. The molecule has 5 nitrogen and oxygen atoms in total. The number of nitrogens with one attached hydrogen (secondary N) is 1.